The highest BCUT2D eigenvalue weighted by molar-refractivity contribution is 7.99. The summed E-state index contributed by atoms with van der Waals surface area (Å²) in [5, 5.41) is 10.6. The van der Waals surface area contributed by atoms with Gasteiger partial charge in [-0.2, -0.15) is 0 Å². The number of rotatable bonds is 7. The molecule has 0 fully saturated rings. The number of aromatic nitrogens is 3. The molecule has 140 valence electrons. The van der Waals surface area contributed by atoms with Crippen LogP contribution in [0.5, 0.6) is 5.75 Å². The molecule has 0 saturated carbocycles. The van der Waals surface area contributed by atoms with Crippen LogP contribution in [-0.4, -0.2) is 33.4 Å². The number of nitrogens with zero attached hydrogens (tertiary/aromatic N) is 2. The third-order valence-corrected chi connectivity index (χ3v) is 4.97. The predicted molar refractivity (Wildman–Crippen MR) is 108 cm³/mol. The van der Waals surface area contributed by atoms with Gasteiger partial charge in [-0.05, 0) is 50.1 Å². The summed E-state index contributed by atoms with van der Waals surface area (Å²) in [7, 11) is 0. The molecule has 6 nitrogen and oxygen atoms in total. The molecule has 2 aromatic carbocycles. The van der Waals surface area contributed by atoms with E-state index >= 15 is 0 Å². The molecule has 27 heavy (non-hydrogen) atoms. The zero-order valence-electron chi connectivity index (χ0n) is 15.6. The number of hydrogen-bond donors (Lipinski definition) is 2. The first-order valence-corrected chi connectivity index (χ1v) is 9.70. The van der Waals surface area contributed by atoms with E-state index in [0.29, 0.717) is 17.6 Å². The first-order chi connectivity index (χ1) is 13.1. The van der Waals surface area contributed by atoms with E-state index in [1.165, 1.54) is 11.8 Å². The second-order valence-electron chi connectivity index (χ2n) is 5.98. The highest BCUT2D eigenvalue weighted by Gasteiger charge is 2.13. The lowest BCUT2D eigenvalue weighted by molar-refractivity contribution is -0.113. The van der Waals surface area contributed by atoms with Gasteiger partial charge < -0.3 is 10.1 Å². The summed E-state index contributed by atoms with van der Waals surface area (Å²) in [4.78, 5) is 16.7. The van der Waals surface area contributed by atoms with Crippen molar-refractivity contribution in [2.75, 3.05) is 17.7 Å². The van der Waals surface area contributed by atoms with E-state index in [2.05, 4.69) is 20.5 Å². The molecule has 3 aromatic rings. The predicted octanol–water partition coefficient (Wildman–Crippen LogP) is 4.22. The van der Waals surface area contributed by atoms with Crippen molar-refractivity contribution in [2.24, 2.45) is 0 Å². The van der Waals surface area contributed by atoms with Crippen molar-refractivity contribution in [3.8, 4) is 17.1 Å². The quantitative estimate of drug-likeness (QED) is 0.598. The van der Waals surface area contributed by atoms with Gasteiger partial charge in [0.15, 0.2) is 5.82 Å². The molecule has 1 amide bonds. The molecular formula is C20H22N4O2S. The molecule has 0 aliphatic rings. The van der Waals surface area contributed by atoms with Crippen molar-refractivity contribution in [3.05, 3.63) is 53.6 Å². The van der Waals surface area contributed by atoms with Gasteiger partial charge in [0.2, 0.25) is 11.1 Å². The van der Waals surface area contributed by atoms with Gasteiger partial charge in [-0.25, -0.2) is 4.98 Å². The van der Waals surface area contributed by atoms with Crippen molar-refractivity contribution in [1.29, 1.82) is 0 Å². The highest BCUT2D eigenvalue weighted by Crippen LogP contribution is 2.28. The van der Waals surface area contributed by atoms with Gasteiger partial charge in [-0.1, -0.05) is 36.0 Å². The fraction of sp³-hybridized carbons (Fsp3) is 0.250. The number of hydrogen-bond acceptors (Lipinski definition) is 5. The number of H-pyrrole nitrogens is 1. The zero-order valence-corrected chi connectivity index (χ0v) is 16.4. The van der Waals surface area contributed by atoms with Crippen molar-refractivity contribution in [2.45, 2.75) is 25.9 Å². The number of benzene rings is 2. The number of ether oxygens (including phenoxy) is 1. The van der Waals surface area contributed by atoms with Crippen LogP contribution in [0.3, 0.4) is 0 Å². The van der Waals surface area contributed by atoms with Crippen LogP contribution in [0.15, 0.2) is 47.6 Å². The number of thioether (sulfide) groups is 1. The maximum atomic E-state index is 12.2. The number of anilines is 1. The number of carbonyl (C=O) groups is 1. The fourth-order valence-corrected chi connectivity index (χ4v) is 3.18. The Morgan fingerprint density at radius 2 is 2.00 bits per heavy atom. The van der Waals surface area contributed by atoms with E-state index in [0.717, 1.165) is 28.1 Å². The Labute approximate surface area is 162 Å². The van der Waals surface area contributed by atoms with Crippen LogP contribution in [0, 0.1) is 13.8 Å². The van der Waals surface area contributed by atoms with E-state index in [9.17, 15) is 4.79 Å². The van der Waals surface area contributed by atoms with E-state index in [1.807, 2.05) is 63.2 Å². The van der Waals surface area contributed by atoms with Gasteiger partial charge in [0.25, 0.3) is 0 Å². The summed E-state index contributed by atoms with van der Waals surface area (Å²) in [5.41, 5.74) is 3.90. The molecule has 0 aliphatic carbocycles. The largest absolute Gasteiger partial charge is 0.493 e. The number of carbonyl (C=O) groups excluding carboxylic acids is 1. The number of para-hydroxylation sites is 1. The van der Waals surface area contributed by atoms with Gasteiger partial charge in [-0.15, -0.1) is 5.10 Å². The van der Waals surface area contributed by atoms with E-state index in [-0.39, 0.29) is 11.7 Å². The molecule has 0 bridgehead atoms. The molecule has 3 rings (SSSR count). The molecule has 0 spiro atoms. The molecule has 7 heteroatoms. The van der Waals surface area contributed by atoms with Crippen LogP contribution >= 0.6 is 11.8 Å². The van der Waals surface area contributed by atoms with Crippen LogP contribution in [0.2, 0.25) is 0 Å². The number of aryl methyl sites for hydroxylation is 1. The van der Waals surface area contributed by atoms with Gasteiger partial charge in [0.05, 0.1) is 17.9 Å². The summed E-state index contributed by atoms with van der Waals surface area (Å²) in [6, 6.07) is 13.5. The smallest absolute Gasteiger partial charge is 0.234 e. The van der Waals surface area contributed by atoms with Crippen LogP contribution < -0.4 is 10.1 Å². The fourth-order valence-electron chi connectivity index (χ4n) is 2.58. The van der Waals surface area contributed by atoms with E-state index < -0.39 is 0 Å². The van der Waals surface area contributed by atoms with Crippen LogP contribution in [0.4, 0.5) is 5.69 Å². The lowest BCUT2D eigenvalue weighted by Crippen LogP contribution is -2.15. The summed E-state index contributed by atoms with van der Waals surface area (Å²) >= 11 is 1.29. The minimum Gasteiger partial charge on any atom is -0.493 e. The second-order valence-corrected chi connectivity index (χ2v) is 6.92. The summed E-state index contributed by atoms with van der Waals surface area (Å²) in [5.74, 6) is 1.52. The molecule has 1 aromatic heterocycles. The molecule has 0 unspecified atom stereocenters. The van der Waals surface area contributed by atoms with Gasteiger partial charge in [0, 0.05) is 5.69 Å². The van der Waals surface area contributed by atoms with Crippen molar-refractivity contribution in [3.63, 3.8) is 0 Å². The molecule has 0 atom stereocenters. The van der Waals surface area contributed by atoms with E-state index in [1.54, 1.807) is 0 Å². The zero-order chi connectivity index (χ0) is 19.2. The SMILES string of the molecule is CCOc1ccccc1-c1nc(SCC(=O)Nc2cccc(C)c2C)n[nH]1. The Kier molecular flexibility index (Phi) is 6.13. The standard InChI is InChI=1S/C20H22N4O2S/c1-4-26-17-11-6-5-9-15(17)19-22-20(24-23-19)27-12-18(25)21-16-10-7-8-13(2)14(16)3/h5-11H,4,12H2,1-3H3,(H,21,25)(H,22,23,24). The third-order valence-electron chi connectivity index (χ3n) is 4.12. The summed E-state index contributed by atoms with van der Waals surface area (Å²) in [6.45, 7) is 6.53. The maximum Gasteiger partial charge on any atom is 0.234 e. The lowest BCUT2D eigenvalue weighted by Gasteiger charge is -2.09. The normalized spacial score (nSPS) is 10.6. The average molecular weight is 382 g/mol. The van der Waals surface area contributed by atoms with Crippen molar-refractivity contribution < 1.29 is 9.53 Å². The molecular weight excluding hydrogens is 360 g/mol. The Bertz CT molecular complexity index is 939. The summed E-state index contributed by atoms with van der Waals surface area (Å²) < 4.78 is 5.63. The van der Waals surface area contributed by atoms with Crippen LogP contribution in [-0.2, 0) is 4.79 Å². The lowest BCUT2D eigenvalue weighted by atomic mass is 10.1. The Balaban J connectivity index is 1.63. The van der Waals surface area contributed by atoms with Crippen LogP contribution in [0.1, 0.15) is 18.1 Å². The number of aromatic amines is 1. The maximum absolute atomic E-state index is 12.2. The Morgan fingerprint density at radius 3 is 2.81 bits per heavy atom. The van der Waals surface area contributed by atoms with Gasteiger partial charge >= 0.3 is 0 Å². The van der Waals surface area contributed by atoms with E-state index in [4.69, 9.17) is 4.74 Å². The number of nitrogens with one attached hydrogen (secondary N) is 2. The van der Waals surface area contributed by atoms with Gasteiger partial charge in [0.1, 0.15) is 5.75 Å². The van der Waals surface area contributed by atoms with Crippen molar-refractivity contribution in [1.82, 2.24) is 15.2 Å². The van der Waals surface area contributed by atoms with Gasteiger partial charge in [-0.3, -0.25) is 9.89 Å². The minimum atomic E-state index is -0.0882. The monoisotopic (exact) mass is 382 g/mol. The molecule has 1 heterocycles. The highest BCUT2D eigenvalue weighted by atomic mass is 32.2. The molecule has 0 radical (unpaired) electrons. The van der Waals surface area contributed by atoms with Crippen LogP contribution in [0.25, 0.3) is 11.4 Å². The average Bonchev–Trinajstić information content (AvgIpc) is 3.13. The minimum absolute atomic E-state index is 0.0882. The summed E-state index contributed by atoms with van der Waals surface area (Å²) in [6.07, 6.45) is 0. The number of amides is 1. The molecule has 0 saturated heterocycles. The first-order valence-electron chi connectivity index (χ1n) is 8.72. The topological polar surface area (TPSA) is 79.9 Å². The Hall–Kier alpha value is -2.80. The second kappa shape index (κ2) is 8.73. The molecule has 2 N–H and O–H groups in total. The third kappa shape index (κ3) is 4.68. The first kappa shape index (κ1) is 19.0. The van der Waals surface area contributed by atoms with Crippen molar-refractivity contribution >= 4 is 23.4 Å². The Morgan fingerprint density at radius 1 is 1.19 bits per heavy atom. The molecule has 0 aliphatic heterocycles.